The lowest BCUT2D eigenvalue weighted by Crippen LogP contribution is -2.23. The largest absolute Gasteiger partial charge is 0.419 e. The van der Waals surface area contributed by atoms with Gasteiger partial charge in [0.05, 0.1) is 21.0 Å². The van der Waals surface area contributed by atoms with Gasteiger partial charge in [0.1, 0.15) is 0 Å². The van der Waals surface area contributed by atoms with Gasteiger partial charge in [0.2, 0.25) is 5.89 Å². The van der Waals surface area contributed by atoms with Crippen LogP contribution in [0.15, 0.2) is 56.1 Å². The molecule has 0 aliphatic carbocycles. The highest BCUT2D eigenvalue weighted by atomic mass is 32.2. The molecule has 3 heterocycles. The normalized spacial score (nSPS) is 12.5. The van der Waals surface area contributed by atoms with E-state index in [4.69, 9.17) is 9.40 Å². The smallest absolute Gasteiger partial charge is 0.262 e. The average molecular weight is 441 g/mol. The van der Waals surface area contributed by atoms with E-state index >= 15 is 0 Å². The first-order chi connectivity index (χ1) is 14.7. The highest BCUT2D eigenvalue weighted by molar-refractivity contribution is 7.99. The summed E-state index contributed by atoms with van der Waals surface area (Å²) in [4.78, 5) is 18.9. The number of unbranched alkanes of at least 4 members (excludes halogenated alkanes) is 3. The highest BCUT2D eigenvalue weighted by Crippen LogP contribution is 2.35. The number of aromatic nitrogens is 4. The van der Waals surface area contributed by atoms with E-state index in [1.807, 2.05) is 48.7 Å². The van der Waals surface area contributed by atoms with E-state index in [-0.39, 0.29) is 10.8 Å². The van der Waals surface area contributed by atoms with Gasteiger partial charge in [-0.2, -0.15) is 0 Å². The van der Waals surface area contributed by atoms with E-state index in [0.717, 1.165) is 24.1 Å². The Morgan fingerprint density at radius 1 is 1.13 bits per heavy atom. The fourth-order valence-corrected chi connectivity index (χ4v) is 4.85. The van der Waals surface area contributed by atoms with Crippen molar-refractivity contribution in [2.45, 2.75) is 56.5 Å². The lowest BCUT2D eigenvalue weighted by molar-refractivity contribution is 0.506. The summed E-state index contributed by atoms with van der Waals surface area (Å²) >= 11 is 3.05. The zero-order valence-corrected chi connectivity index (χ0v) is 18.7. The van der Waals surface area contributed by atoms with Crippen LogP contribution >= 0.6 is 23.1 Å². The molecule has 156 valence electrons. The third-order valence-electron chi connectivity index (χ3n) is 4.86. The fourth-order valence-electron chi connectivity index (χ4n) is 3.24. The summed E-state index contributed by atoms with van der Waals surface area (Å²) in [5.74, 6) is 1.05. The Kier molecular flexibility index (Phi) is 6.64. The lowest BCUT2D eigenvalue weighted by atomic mass is 10.2. The van der Waals surface area contributed by atoms with E-state index in [2.05, 4.69) is 17.1 Å². The van der Waals surface area contributed by atoms with E-state index in [1.54, 1.807) is 15.9 Å². The quantitative estimate of drug-likeness (QED) is 0.182. The third-order valence-corrected chi connectivity index (χ3v) is 6.80. The SMILES string of the molecule is CCCCCCn1c(SC(C)c2nnc(-c3cccs3)o2)nc2ccccc2c1=O. The summed E-state index contributed by atoms with van der Waals surface area (Å²) in [6, 6.07) is 11.4. The number of thiophene rings is 1. The summed E-state index contributed by atoms with van der Waals surface area (Å²) in [7, 11) is 0. The molecule has 1 atom stereocenters. The second kappa shape index (κ2) is 9.57. The van der Waals surface area contributed by atoms with Crippen LogP contribution in [-0.2, 0) is 6.54 Å². The van der Waals surface area contributed by atoms with Crippen LogP contribution in [-0.4, -0.2) is 19.7 Å². The van der Waals surface area contributed by atoms with Gasteiger partial charge >= 0.3 is 0 Å². The van der Waals surface area contributed by atoms with Gasteiger partial charge in [-0.1, -0.05) is 56.1 Å². The molecule has 0 amide bonds. The van der Waals surface area contributed by atoms with Crippen LogP contribution in [0.5, 0.6) is 0 Å². The molecule has 0 saturated carbocycles. The van der Waals surface area contributed by atoms with Crippen molar-refractivity contribution in [3.8, 4) is 10.8 Å². The Balaban J connectivity index is 1.62. The second-order valence-electron chi connectivity index (χ2n) is 7.11. The number of fused-ring (bicyclic) bond motifs is 1. The Bertz CT molecular complexity index is 1170. The Hall–Kier alpha value is -2.45. The number of nitrogens with zero attached hydrogens (tertiary/aromatic N) is 4. The summed E-state index contributed by atoms with van der Waals surface area (Å²) in [6.45, 7) is 4.84. The summed E-state index contributed by atoms with van der Waals surface area (Å²) in [5.41, 5.74) is 0.725. The van der Waals surface area contributed by atoms with Crippen LogP contribution in [0, 0.1) is 0 Å². The van der Waals surface area contributed by atoms with Crippen molar-refractivity contribution in [3.63, 3.8) is 0 Å². The first kappa shape index (κ1) is 20.8. The van der Waals surface area contributed by atoms with Crippen LogP contribution in [0.1, 0.15) is 50.7 Å². The first-order valence-corrected chi connectivity index (χ1v) is 12.0. The van der Waals surface area contributed by atoms with Gasteiger partial charge in [0.25, 0.3) is 11.4 Å². The second-order valence-corrected chi connectivity index (χ2v) is 9.37. The fraction of sp³-hybridized carbons (Fsp3) is 0.364. The highest BCUT2D eigenvalue weighted by Gasteiger charge is 2.20. The number of benzene rings is 1. The maximum absolute atomic E-state index is 13.2. The van der Waals surface area contributed by atoms with Crippen molar-refractivity contribution in [2.75, 3.05) is 0 Å². The van der Waals surface area contributed by atoms with Crippen LogP contribution in [0.4, 0.5) is 0 Å². The summed E-state index contributed by atoms with van der Waals surface area (Å²) in [5, 5.41) is 11.6. The third kappa shape index (κ3) is 4.49. The molecule has 3 aromatic heterocycles. The standard InChI is InChI=1S/C22H24N4O2S2/c1-3-4-5-8-13-26-21(27)16-10-6-7-11-17(16)23-22(26)30-15(2)19-24-25-20(28-19)18-12-9-14-29-18/h6-7,9-12,14-15H,3-5,8,13H2,1-2H3. The van der Waals surface area contributed by atoms with Gasteiger partial charge in [-0.05, 0) is 36.9 Å². The molecule has 0 spiro atoms. The van der Waals surface area contributed by atoms with Gasteiger partial charge < -0.3 is 4.42 Å². The number of para-hydroxylation sites is 1. The Labute approximate surface area is 183 Å². The van der Waals surface area contributed by atoms with E-state index in [1.165, 1.54) is 18.2 Å². The van der Waals surface area contributed by atoms with Crippen molar-refractivity contribution in [2.24, 2.45) is 0 Å². The van der Waals surface area contributed by atoms with Crippen LogP contribution < -0.4 is 5.56 Å². The molecule has 0 aliphatic heterocycles. The molecular weight excluding hydrogens is 416 g/mol. The van der Waals surface area contributed by atoms with Gasteiger partial charge in [0, 0.05) is 6.54 Å². The van der Waals surface area contributed by atoms with Crippen molar-refractivity contribution >= 4 is 34.0 Å². The number of rotatable bonds is 9. The maximum atomic E-state index is 13.2. The molecule has 8 heteroatoms. The van der Waals surface area contributed by atoms with E-state index in [9.17, 15) is 4.79 Å². The molecule has 1 aromatic carbocycles. The molecule has 4 aromatic rings. The molecule has 4 rings (SSSR count). The van der Waals surface area contributed by atoms with Gasteiger partial charge in [0.15, 0.2) is 5.16 Å². The minimum absolute atomic E-state index is 0.0107. The van der Waals surface area contributed by atoms with Crippen molar-refractivity contribution in [1.29, 1.82) is 0 Å². The molecule has 0 aliphatic rings. The molecule has 0 saturated heterocycles. The predicted octanol–water partition coefficient (Wildman–Crippen LogP) is 5.94. The molecule has 6 nitrogen and oxygen atoms in total. The first-order valence-electron chi connectivity index (χ1n) is 10.2. The lowest BCUT2D eigenvalue weighted by Gasteiger charge is -2.14. The van der Waals surface area contributed by atoms with Gasteiger partial charge in [-0.3, -0.25) is 9.36 Å². The Morgan fingerprint density at radius 3 is 2.80 bits per heavy atom. The molecule has 0 N–H and O–H groups in total. The Morgan fingerprint density at radius 2 is 2.00 bits per heavy atom. The van der Waals surface area contributed by atoms with Crippen molar-refractivity contribution in [1.82, 2.24) is 19.7 Å². The molecular formula is C22H24N4O2S2. The molecule has 30 heavy (non-hydrogen) atoms. The van der Waals surface area contributed by atoms with E-state index < -0.39 is 0 Å². The zero-order valence-electron chi connectivity index (χ0n) is 17.1. The topological polar surface area (TPSA) is 73.8 Å². The van der Waals surface area contributed by atoms with Crippen LogP contribution in [0.3, 0.4) is 0 Å². The average Bonchev–Trinajstić information content (AvgIpc) is 3.45. The number of thioether (sulfide) groups is 1. The molecule has 0 bridgehead atoms. The van der Waals surface area contributed by atoms with E-state index in [0.29, 0.717) is 34.4 Å². The van der Waals surface area contributed by atoms with Crippen LogP contribution in [0.25, 0.3) is 21.7 Å². The zero-order chi connectivity index (χ0) is 20.9. The maximum Gasteiger partial charge on any atom is 0.262 e. The van der Waals surface area contributed by atoms with Crippen LogP contribution in [0.2, 0.25) is 0 Å². The van der Waals surface area contributed by atoms with Gasteiger partial charge in [-0.25, -0.2) is 4.98 Å². The van der Waals surface area contributed by atoms with Gasteiger partial charge in [-0.15, -0.1) is 21.5 Å². The summed E-state index contributed by atoms with van der Waals surface area (Å²) in [6.07, 6.45) is 4.39. The minimum atomic E-state index is -0.124. The predicted molar refractivity (Wildman–Crippen MR) is 122 cm³/mol. The summed E-state index contributed by atoms with van der Waals surface area (Å²) < 4.78 is 7.69. The minimum Gasteiger partial charge on any atom is -0.419 e. The number of hydrogen-bond acceptors (Lipinski definition) is 7. The molecule has 0 fully saturated rings. The van der Waals surface area contributed by atoms with Crippen molar-refractivity contribution in [3.05, 3.63) is 58.0 Å². The molecule has 0 radical (unpaired) electrons. The molecule has 1 unspecified atom stereocenters. The monoisotopic (exact) mass is 440 g/mol. The van der Waals surface area contributed by atoms with Crippen molar-refractivity contribution < 1.29 is 4.42 Å². The number of hydrogen-bond donors (Lipinski definition) is 0.